The van der Waals surface area contributed by atoms with Crippen LogP contribution in [-0.2, 0) is 11.2 Å². The summed E-state index contributed by atoms with van der Waals surface area (Å²) in [6.45, 7) is 3.63. The topological polar surface area (TPSA) is 22.1 Å². The van der Waals surface area contributed by atoms with Crippen LogP contribution in [0.1, 0.15) is 44.7 Å². The summed E-state index contributed by atoms with van der Waals surface area (Å²) in [6, 6.07) is 0. The van der Waals surface area contributed by atoms with Crippen LogP contribution >= 0.6 is 11.3 Å². The summed E-state index contributed by atoms with van der Waals surface area (Å²) in [5.74, 6) is 5.99. The second kappa shape index (κ2) is 10.3. The standard InChI is InChI=1S/C14H21NOS/c1-2-3-4-5-6-7-10-16-11-8-9-14-12-17-13-15-14/h12-13H,4-11H2,1H3. The minimum atomic E-state index is 0.853. The lowest BCUT2D eigenvalue weighted by atomic mass is 10.2. The minimum Gasteiger partial charge on any atom is -0.381 e. The van der Waals surface area contributed by atoms with Gasteiger partial charge in [-0.2, -0.15) is 0 Å². The molecule has 0 aromatic carbocycles. The number of hydrogen-bond donors (Lipinski definition) is 0. The number of nitrogens with zero attached hydrogens (tertiary/aromatic N) is 1. The van der Waals surface area contributed by atoms with Crippen LogP contribution in [0.2, 0.25) is 0 Å². The van der Waals surface area contributed by atoms with Crippen LogP contribution in [0, 0.1) is 11.8 Å². The van der Waals surface area contributed by atoms with E-state index in [2.05, 4.69) is 22.2 Å². The van der Waals surface area contributed by atoms with E-state index >= 15 is 0 Å². The molecule has 0 amide bonds. The summed E-state index contributed by atoms with van der Waals surface area (Å²) in [6.07, 6.45) is 6.72. The summed E-state index contributed by atoms with van der Waals surface area (Å²) in [5.41, 5.74) is 3.08. The number of thiazole rings is 1. The zero-order chi connectivity index (χ0) is 12.2. The lowest BCUT2D eigenvalue weighted by molar-refractivity contribution is 0.128. The molecule has 17 heavy (non-hydrogen) atoms. The van der Waals surface area contributed by atoms with Gasteiger partial charge >= 0.3 is 0 Å². The van der Waals surface area contributed by atoms with Gasteiger partial charge in [-0.05, 0) is 32.6 Å². The SMILES string of the molecule is CC#CCCCCCOCCCc1cscn1. The van der Waals surface area contributed by atoms with Gasteiger partial charge in [0.2, 0.25) is 0 Å². The first-order valence-electron chi connectivity index (χ1n) is 6.28. The van der Waals surface area contributed by atoms with E-state index in [0.717, 1.165) is 38.9 Å². The van der Waals surface area contributed by atoms with Gasteiger partial charge in [-0.1, -0.05) is 6.42 Å². The maximum Gasteiger partial charge on any atom is 0.0794 e. The quantitative estimate of drug-likeness (QED) is 0.493. The molecule has 0 aliphatic rings. The average molecular weight is 251 g/mol. The van der Waals surface area contributed by atoms with E-state index < -0.39 is 0 Å². The first-order chi connectivity index (χ1) is 8.43. The van der Waals surface area contributed by atoms with E-state index in [-0.39, 0.29) is 0 Å². The molecule has 0 aliphatic carbocycles. The van der Waals surface area contributed by atoms with Gasteiger partial charge in [-0.3, -0.25) is 0 Å². The van der Waals surface area contributed by atoms with Crippen molar-refractivity contribution in [2.24, 2.45) is 0 Å². The van der Waals surface area contributed by atoms with Crippen molar-refractivity contribution in [1.82, 2.24) is 4.98 Å². The molecule has 0 radical (unpaired) electrons. The smallest absolute Gasteiger partial charge is 0.0794 e. The van der Waals surface area contributed by atoms with Crippen LogP contribution in [0.3, 0.4) is 0 Å². The summed E-state index contributed by atoms with van der Waals surface area (Å²) >= 11 is 1.66. The van der Waals surface area contributed by atoms with Crippen molar-refractivity contribution in [1.29, 1.82) is 0 Å². The third kappa shape index (κ3) is 7.95. The molecule has 0 spiro atoms. The van der Waals surface area contributed by atoms with E-state index in [9.17, 15) is 0 Å². The number of aryl methyl sites for hydroxylation is 1. The predicted molar refractivity (Wildman–Crippen MR) is 73.2 cm³/mol. The lowest BCUT2D eigenvalue weighted by Gasteiger charge is -2.02. The van der Waals surface area contributed by atoms with Gasteiger partial charge in [0, 0.05) is 25.0 Å². The highest BCUT2D eigenvalue weighted by atomic mass is 32.1. The zero-order valence-electron chi connectivity index (χ0n) is 10.6. The van der Waals surface area contributed by atoms with Crippen molar-refractivity contribution >= 4 is 11.3 Å². The Morgan fingerprint density at radius 3 is 2.88 bits per heavy atom. The summed E-state index contributed by atoms with van der Waals surface area (Å²) < 4.78 is 5.58. The molecule has 0 aliphatic heterocycles. The predicted octanol–water partition coefficient (Wildman–Crippen LogP) is 3.68. The summed E-state index contributed by atoms with van der Waals surface area (Å²) in [7, 11) is 0. The van der Waals surface area contributed by atoms with Gasteiger partial charge in [0.15, 0.2) is 0 Å². The molecule has 3 heteroatoms. The Labute approximate surface area is 108 Å². The molecule has 1 aromatic heterocycles. The lowest BCUT2D eigenvalue weighted by Crippen LogP contribution is -1.99. The Hall–Kier alpha value is -0.850. The van der Waals surface area contributed by atoms with Gasteiger partial charge < -0.3 is 4.74 Å². The fourth-order valence-electron chi connectivity index (χ4n) is 1.54. The Morgan fingerprint density at radius 2 is 2.12 bits per heavy atom. The minimum absolute atomic E-state index is 0.853. The molecule has 0 atom stereocenters. The Morgan fingerprint density at radius 1 is 1.24 bits per heavy atom. The highest BCUT2D eigenvalue weighted by Crippen LogP contribution is 2.04. The molecule has 0 N–H and O–H groups in total. The molecule has 0 saturated heterocycles. The van der Waals surface area contributed by atoms with Gasteiger partial charge in [-0.25, -0.2) is 4.98 Å². The van der Waals surface area contributed by atoms with Crippen LogP contribution in [0.15, 0.2) is 10.9 Å². The van der Waals surface area contributed by atoms with Crippen LogP contribution in [0.4, 0.5) is 0 Å². The molecule has 1 heterocycles. The van der Waals surface area contributed by atoms with E-state index in [1.54, 1.807) is 11.3 Å². The van der Waals surface area contributed by atoms with Gasteiger partial charge in [0.25, 0.3) is 0 Å². The second-order valence-electron chi connectivity index (χ2n) is 3.93. The maximum absolute atomic E-state index is 5.58. The van der Waals surface area contributed by atoms with Gasteiger partial charge in [0.05, 0.1) is 11.2 Å². The molecular weight excluding hydrogens is 230 g/mol. The number of rotatable bonds is 9. The van der Waals surface area contributed by atoms with E-state index in [4.69, 9.17) is 4.74 Å². The first kappa shape index (κ1) is 14.2. The summed E-state index contributed by atoms with van der Waals surface area (Å²) in [5, 5.41) is 2.11. The molecular formula is C14H21NOS. The van der Waals surface area contributed by atoms with Crippen molar-refractivity contribution in [3.05, 3.63) is 16.6 Å². The number of aromatic nitrogens is 1. The monoisotopic (exact) mass is 251 g/mol. The van der Waals surface area contributed by atoms with Crippen LogP contribution in [0.5, 0.6) is 0 Å². The van der Waals surface area contributed by atoms with Crippen molar-refractivity contribution in [3.63, 3.8) is 0 Å². The second-order valence-corrected chi connectivity index (χ2v) is 4.65. The van der Waals surface area contributed by atoms with Crippen LogP contribution in [0.25, 0.3) is 0 Å². The van der Waals surface area contributed by atoms with Crippen molar-refractivity contribution in [2.75, 3.05) is 13.2 Å². The highest BCUT2D eigenvalue weighted by Gasteiger charge is 1.95. The van der Waals surface area contributed by atoms with Crippen molar-refractivity contribution in [3.8, 4) is 11.8 Å². The van der Waals surface area contributed by atoms with E-state index in [1.807, 2.05) is 12.4 Å². The molecule has 0 saturated carbocycles. The molecule has 1 rings (SSSR count). The molecule has 2 nitrogen and oxygen atoms in total. The number of unbranched alkanes of at least 4 members (excludes halogenated alkanes) is 3. The zero-order valence-corrected chi connectivity index (χ0v) is 11.4. The van der Waals surface area contributed by atoms with Gasteiger partial charge in [-0.15, -0.1) is 23.2 Å². The summed E-state index contributed by atoms with van der Waals surface area (Å²) in [4.78, 5) is 4.24. The number of hydrogen-bond acceptors (Lipinski definition) is 3. The van der Waals surface area contributed by atoms with Crippen LogP contribution in [-0.4, -0.2) is 18.2 Å². The first-order valence-corrected chi connectivity index (χ1v) is 7.22. The highest BCUT2D eigenvalue weighted by molar-refractivity contribution is 7.07. The Balaban J connectivity index is 1.79. The molecule has 0 fully saturated rings. The fourth-order valence-corrected chi connectivity index (χ4v) is 2.13. The number of ether oxygens (including phenoxy) is 1. The average Bonchev–Trinajstić information content (AvgIpc) is 2.85. The third-order valence-electron chi connectivity index (χ3n) is 2.47. The van der Waals surface area contributed by atoms with Crippen molar-refractivity contribution in [2.45, 2.75) is 45.4 Å². The molecule has 94 valence electrons. The largest absolute Gasteiger partial charge is 0.381 e. The van der Waals surface area contributed by atoms with E-state index in [1.165, 1.54) is 18.5 Å². The van der Waals surface area contributed by atoms with E-state index in [0.29, 0.717) is 0 Å². The normalized spacial score (nSPS) is 9.94. The fraction of sp³-hybridized carbons (Fsp3) is 0.643. The van der Waals surface area contributed by atoms with Crippen molar-refractivity contribution < 1.29 is 4.74 Å². The van der Waals surface area contributed by atoms with Crippen LogP contribution < -0.4 is 0 Å². The third-order valence-corrected chi connectivity index (χ3v) is 3.11. The Kier molecular flexibility index (Phi) is 8.62. The Bertz CT molecular complexity index is 324. The molecule has 0 bridgehead atoms. The molecule has 0 unspecified atom stereocenters. The maximum atomic E-state index is 5.58. The van der Waals surface area contributed by atoms with Gasteiger partial charge in [0.1, 0.15) is 0 Å². The molecule has 1 aromatic rings.